The van der Waals surface area contributed by atoms with Crippen LogP contribution in [0, 0.1) is 0 Å². The molecule has 0 heteroatoms. The molecule has 0 aliphatic rings. The highest BCUT2D eigenvalue weighted by Crippen LogP contribution is 2.29. The second kappa shape index (κ2) is 5.31. The van der Waals surface area contributed by atoms with E-state index in [0.717, 1.165) is 0 Å². The van der Waals surface area contributed by atoms with Crippen LogP contribution in [0.15, 0.2) is 73.3 Å². The Morgan fingerprint density at radius 3 is 2.24 bits per heavy atom. The predicted molar refractivity (Wildman–Crippen MR) is 75.7 cm³/mol. The van der Waals surface area contributed by atoms with E-state index in [0.29, 0.717) is 0 Å². The number of hydrogen-bond acceptors (Lipinski definition) is 0. The van der Waals surface area contributed by atoms with E-state index in [9.17, 15) is 0 Å². The monoisotopic (exact) mass is 220 g/mol. The minimum absolute atomic E-state index is 1.17. The van der Waals surface area contributed by atoms with Gasteiger partial charge in [-0.25, -0.2) is 0 Å². The summed E-state index contributed by atoms with van der Waals surface area (Å²) in [5.41, 5.74) is 4.89. The molecule has 0 radical (unpaired) electrons. The summed E-state index contributed by atoms with van der Waals surface area (Å²) in [5, 5.41) is 0. The van der Waals surface area contributed by atoms with Gasteiger partial charge in [0, 0.05) is 0 Å². The summed E-state index contributed by atoms with van der Waals surface area (Å²) in [5.74, 6) is 0. The van der Waals surface area contributed by atoms with Crippen molar-refractivity contribution in [3.05, 3.63) is 78.9 Å². The van der Waals surface area contributed by atoms with Crippen molar-refractivity contribution in [1.29, 1.82) is 0 Å². The Morgan fingerprint density at radius 1 is 0.941 bits per heavy atom. The summed E-state index contributed by atoms with van der Waals surface area (Å²) < 4.78 is 0. The fourth-order valence-electron chi connectivity index (χ4n) is 1.99. The van der Waals surface area contributed by atoms with Crippen molar-refractivity contribution in [2.75, 3.05) is 0 Å². The molecular formula is C17H16. The molecule has 0 unspecified atom stereocenters. The molecule has 0 N–H and O–H groups in total. The van der Waals surface area contributed by atoms with Gasteiger partial charge in [0.05, 0.1) is 0 Å². The van der Waals surface area contributed by atoms with Crippen LogP contribution in [0.1, 0.15) is 12.5 Å². The summed E-state index contributed by atoms with van der Waals surface area (Å²) in [6.07, 6.45) is 4.00. The van der Waals surface area contributed by atoms with Gasteiger partial charge < -0.3 is 0 Å². The van der Waals surface area contributed by atoms with Crippen molar-refractivity contribution in [3.63, 3.8) is 0 Å². The molecule has 0 heterocycles. The first-order valence-electron chi connectivity index (χ1n) is 5.80. The maximum Gasteiger partial charge on any atom is -0.0106 e. The van der Waals surface area contributed by atoms with Gasteiger partial charge in [-0.2, -0.15) is 0 Å². The second-order valence-electron chi connectivity index (χ2n) is 3.86. The highest BCUT2D eigenvalue weighted by molar-refractivity contribution is 5.85. The van der Waals surface area contributed by atoms with Crippen LogP contribution in [-0.2, 0) is 0 Å². The zero-order chi connectivity index (χ0) is 12.1. The Morgan fingerprint density at radius 2 is 1.59 bits per heavy atom. The first-order chi connectivity index (χ1) is 8.36. The molecule has 0 aliphatic carbocycles. The minimum atomic E-state index is 1.17. The Bertz CT molecular complexity index is 533. The zero-order valence-corrected chi connectivity index (χ0v) is 10.1. The topological polar surface area (TPSA) is 0 Å². The van der Waals surface area contributed by atoms with Gasteiger partial charge in [0.15, 0.2) is 0 Å². The quantitative estimate of drug-likeness (QED) is 0.642. The molecule has 2 aromatic carbocycles. The van der Waals surface area contributed by atoms with Crippen LogP contribution in [0.5, 0.6) is 0 Å². The molecule has 0 aliphatic heterocycles. The van der Waals surface area contributed by atoms with Gasteiger partial charge in [-0.15, -0.1) is 0 Å². The fraction of sp³-hybridized carbons (Fsp3) is 0.0588. The SMILES string of the molecule is C=C/C(=C\C)c1ccccc1-c1ccccc1. The molecule has 0 saturated carbocycles. The van der Waals surface area contributed by atoms with E-state index in [1.54, 1.807) is 0 Å². The van der Waals surface area contributed by atoms with E-state index in [-0.39, 0.29) is 0 Å². The third-order valence-electron chi connectivity index (χ3n) is 2.85. The summed E-state index contributed by atoms with van der Waals surface area (Å²) in [4.78, 5) is 0. The van der Waals surface area contributed by atoms with Crippen LogP contribution >= 0.6 is 0 Å². The van der Waals surface area contributed by atoms with Gasteiger partial charge >= 0.3 is 0 Å². The maximum absolute atomic E-state index is 3.87. The number of allylic oxidation sites excluding steroid dienone is 3. The molecule has 17 heavy (non-hydrogen) atoms. The van der Waals surface area contributed by atoms with Gasteiger partial charge in [-0.1, -0.05) is 73.3 Å². The smallest absolute Gasteiger partial charge is 0.0106 e. The lowest BCUT2D eigenvalue weighted by Crippen LogP contribution is -1.87. The summed E-state index contributed by atoms with van der Waals surface area (Å²) in [6, 6.07) is 18.9. The molecule has 0 bridgehead atoms. The van der Waals surface area contributed by atoms with Crippen molar-refractivity contribution in [2.45, 2.75) is 6.92 Å². The van der Waals surface area contributed by atoms with E-state index in [1.165, 1.54) is 22.3 Å². The van der Waals surface area contributed by atoms with Crippen molar-refractivity contribution in [2.24, 2.45) is 0 Å². The molecule has 0 fully saturated rings. The molecule has 0 saturated heterocycles. The lowest BCUT2D eigenvalue weighted by atomic mass is 9.94. The van der Waals surface area contributed by atoms with Crippen molar-refractivity contribution in [3.8, 4) is 11.1 Å². The van der Waals surface area contributed by atoms with Crippen LogP contribution < -0.4 is 0 Å². The number of hydrogen-bond donors (Lipinski definition) is 0. The van der Waals surface area contributed by atoms with Crippen molar-refractivity contribution < 1.29 is 0 Å². The standard InChI is InChI=1S/C17H16/c1-3-14(4-2)16-12-8-9-13-17(16)15-10-6-5-7-11-15/h3-13H,1H2,2H3/b14-4+. The maximum atomic E-state index is 3.87. The second-order valence-corrected chi connectivity index (χ2v) is 3.86. The molecule has 0 nitrogen and oxygen atoms in total. The highest BCUT2D eigenvalue weighted by atomic mass is 14.1. The fourth-order valence-corrected chi connectivity index (χ4v) is 1.99. The molecule has 0 aromatic heterocycles. The third-order valence-corrected chi connectivity index (χ3v) is 2.85. The zero-order valence-electron chi connectivity index (χ0n) is 10.1. The Balaban J connectivity index is 2.60. The molecule has 0 spiro atoms. The Labute approximate surface area is 103 Å². The Kier molecular flexibility index (Phi) is 3.56. The predicted octanol–water partition coefficient (Wildman–Crippen LogP) is 4.94. The van der Waals surface area contributed by atoms with Crippen molar-refractivity contribution >= 4 is 5.57 Å². The summed E-state index contributed by atoms with van der Waals surface area (Å²) in [7, 11) is 0. The molecule has 2 aromatic rings. The number of benzene rings is 2. The van der Waals surface area contributed by atoms with Crippen LogP contribution in [0.4, 0.5) is 0 Å². The third kappa shape index (κ3) is 2.36. The average molecular weight is 220 g/mol. The minimum Gasteiger partial charge on any atom is -0.0985 e. The largest absolute Gasteiger partial charge is 0.0985 e. The van der Waals surface area contributed by atoms with Crippen LogP contribution in [0.3, 0.4) is 0 Å². The molecule has 84 valence electrons. The first kappa shape index (κ1) is 11.4. The van der Waals surface area contributed by atoms with Crippen molar-refractivity contribution in [1.82, 2.24) is 0 Å². The van der Waals surface area contributed by atoms with E-state index in [4.69, 9.17) is 0 Å². The van der Waals surface area contributed by atoms with Gasteiger partial charge in [0.25, 0.3) is 0 Å². The number of rotatable bonds is 3. The van der Waals surface area contributed by atoms with E-state index in [2.05, 4.69) is 61.2 Å². The van der Waals surface area contributed by atoms with Crippen LogP contribution in [0.2, 0.25) is 0 Å². The normalized spacial score (nSPS) is 11.2. The van der Waals surface area contributed by atoms with Crippen LogP contribution in [0.25, 0.3) is 16.7 Å². The lowest BCUT2D eigenvalue weighted by Gasteiger charge is -2.10. The van der Waals surface area contributed by atoms with E-state index in [1.807, 2.05) is 19.1 Å². The average Bonchev–Trinajstić information content (AvgIpc) is 2.42. The molecule has 2 rings (SSSR count). The van der Waals surface area contributed by atoms with Gasteiger partial charge in [-0.05, 0) is 29.2 Å². The lowest BCUT2D eigenvalue weighted by molar-refractivity contribution is 1.56. The van der Waals surface area contributed by atoms with Gasteiger partial charge in [-0.3, -0.25) is 0 Å². The summed E-state index contributed by atoms with van der Waals surface area (Å²) in [6.45, 7) is 5.92. The highest BCUT2D eigenvalue weighted by Gasteiger charge is 2.05. The Hall–Kier alpha value is -2.08. The summed E-state index contributed by atoms with van der Waals surface area (Å²) >= 11 is 0. The molecule has 0 amide bonds. The first-order valence-corrected chi connectivity index (χ1v) is 5.80. The molecular weight excluding hydrogens is 204 g/mol. The van der Waals surface area contributed by atoms with E-state index < -0.39 is 0 Å². The van der Waals surface area contributed by atoms with Gasteiger partial charge in [0.1, 0.15) is 0 Å². The van der Waals surface area contributed by atoms with E-state index >= 15 is 0 Å². The van der Waals surface area contributed by atoms with Crippen LogP contribution in [-0.4, -0.2) is 0 Å². The van der Waals surface area contributed by atoms with Gasteiger partial charge in [0.2, 0.25) is 0 Å². The molecule has 0 atom stereocenters.